The first-order valence-electron chi connectivity index (χ1n) is 7.53. The van der Waals surface area contributed by atoms with E-state index in [1.807, 2.05) is 24.3 Å². The van der Waals surface area contributed by atoms with Crippen LogP contribution < -0.4 is 10.1 Å². The summed E-state index contributed by atoms with van der Waals surface area (Å²) in [7, 11) is 0. The third kappa shape index (κ3) is 4.77. The topological polar surface area (TPSA) is 101 Å². The van der Waals surface area contributed by atoms with E-state index in [1.165, 1.54) is 5.56 Å². The highest BCUT2D eigenvalue weighted by molar-refractivity contribution is 5.92. The van der Waals surface area contributed by atoms with E-state index in [2.05, 4.69) is 29.1 Å². The van der Waals surface area contributed by atoms with Crippen molar-refractivity contribution < 1.29 is 19.4 Å². The number of carboxylic acid groups (broad SMARTS) is 1. The Bertz CT molecular complexity index is 697. The smallest absolute Gasteiger partial charge is 0.356 e. The van der Waals surface area contributed by atoms with Crippen molar-refractivity contribution in [1.82, 2.24) is 15.3 Å². The quantitative estimate of drug-likeness (QED) is 0.754. The number of rotatable bonds is 7. The fraction of sp³-hybridized carbons (Fsp3) is 0.294. The number of aromatic carboxylic acids is 1. The molecule has 0 fully saturated rings. The maximum Gasteiger partial charge on any atom is 0.356 e. The second-order valence-electron chi connectivity index (χ2n) is 5.42. The lowest BCUT2D eigenvalue weighted by atomic mass is 10.0. The Labute approximate surface area is 139 Å². The highest BCUT2D eigenvalue weighted by atomic mass is 16.5. The Morgan fingerprint density at radius 3 is 2.29 bits per heavy atom. The molecule has 1 amide bonds. The number of ether oxygens (including phenoxy) is 1. The van der Waals surface area contributed by atoms with Gasteiger partial charge in [-0.3, -0.25) is 4.79 Å². The molecule has 0 aliphatic rings. The van der Waals surface area contributed by atoms with Crippen LogP contribution in [0.4, 0.5) is 0 Å². The van der Waals surface area contributed by atoms with E-state index >= 15 is 0 Å². The van der Waals surface area contributed by atoms with Crippen LogP contribution in [-0.2, 0) is 0 Å². The number of carboxylic acids is 1. The zero-order valence-electron chi connectivity index (χ0n) is 13.5. The number of carbonyl (C=O) groups is 2. The fourth-order valence-electron chi connectivity index (χ4n) is 1.93. The van der Waals surface area contributed by atoms with Crippen LogP contribution in [0.1, 0.15) is 46.3 Å². The third-order valence-corrected chi connectivity index (χ3v) is 3.31. The second kappa shape index (κ2) is 8.05. The van der Waals surface area contributed by atoms with Crippen LogP contribution in [0.15, 0.2) is 36.7 Å². The first-order chi connectivity index (χ1) is 11.5. The Balaban J connectivity index is 1.77. The molecule has 1 aromatic heterocycles. The van der Waals surface area contributed by atoms with E-state index in [-0.39, 0.29) is 11.4 Å². The molecule has 0 atom stereocenters. The van der Waals surface area contributed by atoms with Crippen molar-refractivity contribution >= 4 is 11.9 Å². The largest absolute Gasteiger partial charge is 0.492 e. The normalized spacial score (nSPS) is 10.5. The van der Waals surface area contributed by atoms with Gasteiger partial charge in [0, 0.05) is 0 Å². The Kier molecular flexibility index (Phi) is 5.83. The van der Waals surface area contributed by atoms with Crippen LogP contribution in [0.2, 0.25) is 0 Å². The fourth-order valence-corrected chi connectivity index (χ4v) is 1.93. The van der Waals surface area contributed by atoms with E-state index in [9.17, 15) is 9.59 Å². The second-order valence-corrected chi connectivity index (χ2v) is 5.42. The Morgan fingerprint density at radius 2 is 1.75 bits per heavy atom. The molecule has 126 valence electrons. The number of carbonyl (C=O) groups excluding carboxylic acids is 1. The first-order valence-corrected chi connectivity index (χ1v) is 7.53. The maximum atomic E-state index is 11.8. The number of nitrogens with one attached hydrogen (secondary N) is 1. The van der Waals surface area contributed by atoms with Gasteiger partial charge in [0.25, 0.3) is 5.91 Å². The lowest BCUT2D eigenvalue weighted by Gasteiger charge is -2.09. The summed E-state index contributed by atoms with van der Waals surface area (Å²) in [5.41, 5.74) is 1.08. The number of amides is 1. The molecule has 0 saturated carbocycles. The number of benzene rings is 1. The molecule has 0 spiro atoms. The predicted octanol–water partition coefficient (Wildman–Crippen LogP) is 2.11. The van der Waals surface area contributed by atoms with Gasteiger partial charge < -0.3 is 15.2 Å². The van der Waals surface area contributed by atoms with E-state index < -0.39 is 11.9 Å². The molecule has 1 heterocycles. The number of nitrogens with zero attached hydrogens (tertiary/aromatic N) is 2. The predicted molar refractivity (Wildman–Crippen MR) is 87.4 cm³/mol. The first kappa shape index (κ1) is 17.4. The summed E-state index contributed by atoms with van der Waals surface area (Å²) >= 11 is 0. The van der Waals surface area contributed by atoms with Crippen molar-refractivity contribution in [1.29, 1.82) is 0 Å². The van der Waals surface area contributed by atoms with Crippen LogP contribution >= 0.6 is 0 Å². The molecule has 2 N–H and O–H groups in total. The van der Waals surface area contributed by atoms with Gasteiger partial charge in [0.05, 0.1) is 18.9 Å². The maximum absolute atomic E-state index is 11.8. The van der Waals surface area contributed by atoms with E-state index in [4.69, 9.17) is 9.84 Å². The van der Waals surface area contributed by atoms with Gasteiger partial charge in [-0.15, -0.1) is 0 Å². The van der Waals surface area contributed by atoms with E-state index in [1.54, 1.807) is 0 Å². The van der Waals surface area contributed by atoms with Gasteiger partial charge in [0.1, 0.15) is 18.1 Å². The SMILES string of the molecule is CC(C)c1ccc(OCCNC(=O)c2cnc(C(=O)O)cn2)cc1. The zero-order valence-corrected chi connectivity index (χ0v) is 13.5. The van der Waals surface area contributed by atoms with Gasteiger partial charge in [-0.1, -0.05) is 26.0 Å². The van der Waals surface area contributed by atoms with Crippen molar-refractivity contribution in [3.63, 3.8) is 0 Å². The summed E-state index contributed by atoms with van der Waals surface area (Å²) in [6, 6.07) is 7.82. The average molecular weight is 329 g/mol. The van der Waals surface area contributed by atoms with Gasteiger partial charge in [-0.2, -0.15) is 0 Å². The minimum atomic E-state index is -1.19. The number of hydrogen-bond acceptors (Lipinski definition) is 5. The molecular weight excluding hydrogens is 310 g/mol. The van der Waals surface area contributed by atoms with Crippen molar-refractivity contribution in [2.24, 2.45) is 0 Å². The molecule has 0 unspecified atom stereocenters. The lowest BCUT2D eigenvalue weighted by Crippen LogP contribution is -2.29. The van der Waals surface area contributed by atoms with Crippen LogP contribution in [0.25, 0.3) is 0 Å². The summed E-state index contributed by atoms with van der Waals surface area (Å²) in [4.78, 5) is 29.9. The van der Waals surface area contributed by atoms with Gasteiger partial charge in [-0.05, 0) is 23.6 Å². The lowest BCUT2D eigenvalue weighted by molar-refractivity contribution is 0.0689. The van der Waals surface area contributed by atoms with Gasteiger partial charge in [0.2, 0.25) is 0 Å². The summed E-state index contributed by atoms with van der Waals surface area (Å²) in [5.74, 6) is -0.421. The van der Waals surface area contributed by atoms with Crippen molar-refractivity contribution in [3.8, 4) is 5.75 Å². The highest BCUT2D eigenvalue weighted by Crippen LogP contribution is 2.18. The minimum absolute atomic E-state index is 0.0567. The van der Waals surface area contributed by atoms with Crippen LogP contribution in [0.3, 0.4) is 0 Å². The average Bonchev–Trinajstić information content (AvgIpc) is 2.59. The summed E-state index contributed by atoms with van der Waals surface area (Å²) < 4.78 is 5.55. The standard InChI is InChI=1S/C17H19N3O4/c1-11(2)12-3-5-13(6-4-12)24-8-7-18-16(21)14-9-20-15(10-19-14)17(22)23/h3-6,9-11H,7-8H2,1-2H3,(H,18,21)(H,22,23). The van der Waals surface area contributed by atoms with E-state index in [0.717, 1.165) is 18.1 Å². The summed E-state index contributed by atoms with van der Waals surface area (Å²) in [6.07, 6.45) is 2.17. The van der Waals surface area contributed by atoms with Crippen LogP contribution in [0, 0.1) is 0 Å². The molecule has 7 nitrogen and oxygen atoms in total. The van der Waals surface area contributed by atoms with Crippen LogP contribution in [-0.4, -0.2) is 40.1 Å². The molecule has 0 radical (unpaired) electrons. The Morgan fingerprint density at radius 1 is 1.12 bits per heavy atom. The molecule has 1 aromatic carbocycles. The summed E-state index contributed by atoms with van der Waals surface area (Å²) in [6.45, 7) is 4.86. The van der Waals surface area contributed by atoms with Crippen molar-refractivity contribution in [2.45, 2.75) is 19.8 Å². The van der Waals surface area contributed by atoms with Crippen molar-refractivity contribution in [2.75, 3.05) is 13.2 Å². The van der Waals surface area contributed by atoms with Crippen LogP contribution in [0.5, 0.6) is 5.75 Å². The summed E-state index contributed by atoms with van der Waals surface area (Å²) in [5, 5.41) is 11.4. The van der Waals surface area contributed by atoms with Gasteiger partial charge in [0.15, 0.2) is 5.69 Å². The molecular formula is C17H19N3O4. The van der Waals surface area contributed by atoms with Crippen molar-refractivity contribution in [3.05, 3.63) is 53.6 Å². The molecule has 0 saturated heterocycles. The molecule has 2 rings (SSSR count). The number of aromatic nitrogens is 2. The Hall–Kier alpha value is -2.96. The number of hydrogen-bond donors (Lipinski definition) is 2. The molecule has 0 aliphatic carbocycles. The van der Waals surface area contributed by atoms with E-state index in [0.29, 0.717) is 19.1 Å². The minimum Gasteiger partial charge on any atom is -0.492 e. The highest BCUT2D eigenvalue weighted by Gasteiger charge is 2.10. The van der Waals surface area contributed by atoms with Gasteiger partial charge >= 0.3 is 5.97 Å². The van der Waals surface area contributed by atoms with Gasteiger partial charge in [-0.25, -0.2) is 14.8 Å². The monoisotopic (exact) mass is 329 g/mol. The molecule has 0 aliphatic heterocycles. The third-order valence-electron chi connectivity index (χ3n) is 3.31. The molecule has 0 bridgehead atoms. The molecule has 2 aromatic rings. The molecule has 24 heavy (non-hydrogen) atoms. The zero-order chi connectivity index (χ0) is 17.5. The molecule has 7 heteroatoms.